The number of aromatic nitrogens is 1. The molecule has 0 aliphatic heterocycles. The number of hydrogen-bond donors (Lipinski definition) is 0. The highest BCUT2D eigenvalue weighted by Gasteiger charge is 2.32. The van der Waals surface area contributed by atoms with Crippen LogP contribution in [0.3, 0.4) is 0 Å². The van der Waals surface area contributed by atoms with Gasteiger partial charge in [0.15, 0.2) is 0 Å². The van der Waals surface area contributed by atoms with Crippen LogP contribution in [0, 0.1) is 0 Å². The van der Waals surface area contributed by atoms with Gasteiger partial charge in [0, 0.05) is 6.20 Å². The normalized spacial score (nSPS) is 15.8. The number of hydrogen-bond acceptors (Lipinski definition) is 3. The maximum atomic E-state index is 13.3. The minimum Gasteiger partial charge on any atom is -0.467 e. The zero-order valence-electron chi connectivity index (χ0n) is 14.0. The maximum Gasteiger partial charge on any atom is 0.230 e. The van der Waals surface area contributed by atoms with Crippen molar-refractivity contribution in [3.63, 3.8) is 0 Å². The Morgan fingerprint density at radius 2 is 1.96 bits per heavy atom. The lowest BCUT2D eigenvalue weighted by atomic mass is 9.99. The molecule has 1 atom stereocenters. The van der Waals surface area contributed by atoms with Crippen molar-refractivity contribution < 1.29 is 9.21 Å². The molecule has 1 aliphatic rings. The monoisotopic (exact) mass is 332 g/mol. The van der Waals surface area contributed by atoms with Crippen molar-refractivity contribution in [2.45, 2.75) is 31.8 Å². The number of furan rings is 1. The van der Waals surface area contributed by atoms with Crippen LogP contribution in [-0.2, 0) is 24.3 Å². The van der Waals surface area contributed by atoms with Crippen molar-refractivity contribution in [1.29, 1.82) is 0 Å². The molecule has 2 heterocycles. The number of fused-ring (bicyclic) bond motifs is 1. The molecule has 4 rings (SSSR count). The van der Waals surface area contributed by atoms with Gasteiger partial charge in [0.1, 0.15) is 5.76 Å². The maximum absolute atomic E-state index is 13.3. The van der Waals surface area contributed by atoms with E-state index in [2.05, 4.69) is 17.1 Å². The number of nitrogens with zero attached hydrogens (tertiary/aromatic N) is 2. The van der Waals surface area contributed by atoms with Gasteiger partial charge in [-0.1, -0.05) is 30.3 Å². The molecule has 1 aliphatic carbocycles. The Hall–Kier alpha value is -2.88. The van der Waals surface area contributed by atoms with Gasteiger partial charge in [0.2, 0.25) is 5.91 Å². The lowest BCUT2D eigenvalue weighted by molar-refractivity contribution is -0.134. The molecule has 0 spiro atoms. The lowest BCUT2D eigenvalue weighted by Crippen LogP contribution is -2.34. The van der Waals surface area contributed by atoms with Crippen LogP contribution in [0.15, 0.2) is 71.5 Å². The molecule has 1 aromatic carbocycles. The molecule has 0 bridgehead atoms. The molecule has 4 nitrogen and oxygen atoms in total. The van der Waals surface area contributed by atoms with Crippen LogP contribution in [0.25, 0.3) is 0 Å². The van der Waals surface area contributed by atoms with Crippen molar-refractivity contribution in [2.24, 2.45) is 0 Å². The van der Waals surface area contributed by atoms with E-state index >= 15 is 0 Å². The van der Waals surface area contributed by atoms with Crippen molar-refractivity contribution >= 4 is 5.91 Å². The number of pyridine rings is 1. The topological polar surface area (TPSA) is 46.3 Å². The van der Waals surface area contributed by atoms with Crippen molar-refractivity contribution in [1.82, 2.24) is 9.88 Å². The fraction of sp³-hybridized carbons (Fsp3) is 0.238. The summed E-state index contributed by atoms with van der Waals surface area (Å²) in [5, 5.41) is 0. The van der Waals surface area contributed by atoms with Gasteiger partial charge in [0.25, 0.3) is 0 Å². The number of carbonyl (C=O) groups is 1. The fourth-order valence-electron chi connectivity index (χ4n) is 3.52. The predicted molar refractivity (Wildman–Crippen MR) is 94.7 cm³/mol. The highest BCUT2D eigenvalue weighted by atomic mass is 16.3. The first-order chi connectivity index (χ1) is 12.3. The molecule has 0 saturated heterocycles. The largest absolute Gasteiger partial charge is 0.467 e. The first-order valence-corrected chi connectivity index (χ1v) is 8.60. The molecule has 0 saturated carbocycles. The van der Waals surface area contributed by atoms with Crippen LogP contribution in [0.1, 0.15) is 34.9 Å². The Labute approximate surface area is 147 Å². The van der Waals surface area contributed by atoms with Crippen LogP contribution in [0.2, 0.25) is 0 Å². The summed E-state index contributed by atoms with van der Waals surface area (Å²) in [5.41, 5.74) is 3.34. The second-order valence-electron chi connectivity index (χ2n) is 6.38. The third-order valence-electron chi connectivity index (χ3n) is 4.75. The summed E-state index contributed by atoms with van der Waals surface area (Å²) in [6.45, 7) is 0.945. The third kappa shape index (κ3) is 3.33. The Morgan fingerprint density at radius 1 is 1.08 bits per heavy atom. The van der Waals surface area contributed by atoms with Gasteiger partial charge in [-0.15, -0.1) is 0 Å². The molecule has 0 fully saturated rings. The quantitative estimate of drug-likeness (QED) is 0.711. The van der Waals surface area contributed by atoms with Gasteiger partial charge in [-0.25, -0.2) is 0 Å². The van der Waals surface area contributed by atoms with Gasteiger partial charge >= 0.3 is 0 Å². The molecule has 2 aromatic heterocycles. The average molecular weight is 332 g/mol. The Morgan fingerprint density at radius 3 is 2.76 bits per heavy atom. The highest BCUT2D eigenvalue weighted by molar-refractivity contribution is 5.85. The number of aryl methyl sites for hydroxylation is 1. The molecule has 126 valence electrons. The number of amides is 1. The van der Waals surface area contributed by atoms with Gasteiger partial charge in [-0.2, -0.15) is 0 Å². The minimum atomic E-state index is -0.0742. The van der Waals surface area contributed by atoms with Crippen LogP contribution >= 0.6 is 0 Å². The van der Waals surface area contributed by atoms with Gasteiger partial charge in [0.05, 0.1) is 31.0 Å². The first kappa shape index (κ1) is 15.6. The third-order valence-corrected chi connectivity index (χ3v) is 4.75. The van der Waals surface area contributed by atoms with Gasteiger partial charge < -0.3 is 9.32 Å². The van der Waals surface area contributed by atoms with Crippen LogP contribution < -0.4 is 0 Å². The smallest absolute Gasteiger partial charge is 0.230 e. The second-order valence-corrected chi connectivity index (χ2v) is 6.38. The van der Waals surface area contributed by atoms with E-state index in [1.807, 2.05) is 47.4 Å². The molecule has 0 radical (unpaired) electrons. The van der Waals surface area contributed by atoms with E-state index < -0.39 is 0 Å². The van der Waals surface area contributed by atoms with E-state index in [4.69, 9.17) is 4.42 Å². The first-order valence-electron chi connectivity index (χ1n) is 8.60. The number of benzene rings is 1. The Bertz CT molecular complexity index is 843. The van der Waals surface area contributed by atoms with Gasteiger partial charge in [-0.3, -0.25) is 9.78 Å². The summed E-state index contributed by atoms with van der Waals surface area (Å²) < 4.78 is 5.47. The van der Waals surface area contributed by atoms with Crippen molar-refractivity contribution in [2.75, 3.05) is 0 Å². The Kier molecular flexibility index (Phi) is 4.34. The number of rotatable bonds is 5. The minimum absolute atomic E-state index is 0.0742. The van der Waals surface area contributed by atoms with Crippen LogP contribution in [0.4, 0.5) is 0 Å². The fourth-order valence-corrected chi connectivity index (χ4v) is 3.52. The summed E-state index contributed by atoms with van der Waals surface area (Å²) in [5.74, 6) is 0.859. The van der Waals surface area contributed by atoms with Crippen LogP contribution in [-0.4, -0.2) is 15.8 Å². The second kappa shape index (κ2) is 6.93. The molecule has 4 heteroatoms. The lowest BCUT2D eigenvalue weighted by Gasteiger charge is -2.25. The molecule has 0 unspecified atom stereocenters. The zero-order chi connectivity index (χ0) is 17.1. The van der Waals surface area contributed by atoms with Crippen LogP contribution in [0.5, 0.6) is 0 Å². The molecule has 25 heavy (non-hydrogen) atoms. The average Bonchev–Trinajstić information content (AvgIpc) is 3.31. The van der Waals surface area contributed by atoms with E-state index in [9.17, 15) is 4.79 Å². The van der Waals surface area contributed by atoms with Crippen molar-refractivity contribution in [3.05, 3.63) is 89.6 Å². The van der Waals surface area contributed by atoms with E-state index in [1.54, 1.807) is 12.5 Å². The molecular formula is C21H20N2O2. The molecule has 1 amide bonds. The van der Waals surface area contributed by atoms with Gasteiger partial charge in [-0.05, 0) is 48.2 Å². The zero-order valence-corrected chi connectivity index (χ0v) is 14.0. The summed E-state index contributed by atoms with van der Waals surface area (Å²) in [6, 6.07) is 17.8. The standard InChI is InChI=1S/C21H20N2O2/c24-21(20-11-10-16-6-1-2-9-19(16)20)23(15-18-8-5-13-25-18)14-17-7-3-4-12-22-17/h1-9,12-13,20H,10-11,14-15H2/t20-/m1/s1. The molecule has 0 N–H and O–H groups in total. The summed E-state index contributed by atoms with van der Waals surface area (Å²) >= 11 is 0. The summed E-state index contributed by atoms with van der Waals surface area (Å²) in [7, 11) is 0. The summed E-state index contributed by atoms with van der Waals surface area (Å²) in [4.78, 5) is 19.5. The predicted octanol–water partition coefficient (Wildman–Crippen LogP) is 3.93. The van der Waals surface area contributed by atoms with E-state index in [0.717, 1.165) is 29.9 Å². The highest BCUT2D eigenvalue weighted by Crippen LogP contribution is 2.34. The van der Waals surface area contributed by atoms with E-state index in [-0.39, 0.29) is 11.8 Å². The summed E-state index contributed by atoms with van der Waals surface area (Å²) in [6.07, 6.45) is 5.24. The van der Waals surface area contributed by atoms with E-state index in [0.29, 0.717) is 13.1 Å². The molecule has 3 aromatic rings. The SMILES string of the molecule is O=C([C@@H]1CCc2ccccc21)N(Cc1ccccn1)Cc1ccco1. The van der Waals surface area contributed by atoms with E-state index in [1.165, 1.54) is 5.56 Å². The van der Waals surface area contributed by atoms with Crippen molar-refractivity contribution in [3.8, 4) is 0 Å². The number of carbonyl (C=O) groups excluding carboxylic acids is 1. The Balaban J connectivity index is 1.60. The molecular weight excluding hydrogens is 312 g/mol.